The number of pyridine rings is 1. The SMILES string of the molecule is CCOC(=O)C1=Cc2cc(F)cnc2N(c2ccc(F)cc2F)C1. The summed E-state index contributed by atoms with van der Waals surface area (Å²) >= 11 is 0. The second-order valence-electron chi connectivity index (χ2n) is 5.14. The van der Waals surface area contributed by atoms with E-state index in [1.165, 1.54) is 23.1 Å². The number of anilines is 2. The molecule has 7 heteroatoms. The molecule has 1 aliphatic heterocycles. The highest BCUT2D eigenvalue weighted by Gasteiger charge is 2.27. The van der Waals surface area contributed by atoms with Crippen LogP contribution in [0, 0.1) is 17.5 Å². The maximum Gasteiger partial charge on any atom is 0.335 e. The van der Waals surface area contributed by atoms with Gasteiger partial charge in [0.25, 0.3) is 0 Å². The van der Waals surface area contributed by atoms with Crippen LogP contribution in [-0.2, 0) is 9.53 Å². The van der Waals surface area contributed by atoms with Crippen molar-refractivity contribution in [2.75, 3.05) is 18.1 Å². The van der Waals surface area contributed by atoms with Gasteiger partial charge in [-0.1, -0.05) is 0 Å². The Kier molecular flexibility index (Phi) is 4.24. The monoisotopic (exact) mass is 334 g/mol. The third-order valence-electron chi connectivity index (χ3n) is 3.51. The molecule has 0 unspecified atom stereocenters. The lowest BCUT2D eigenvalue weighted by molar-refractivity contribution is -0.138. The zero-order valence-corrected chi connectivity index (χ0v) is 12.7. The molecule has 24 heavy (non-hydrogen) atoms. The third-order valence-corrected chi connectivity index (χ3v) is 3.51. The highest BCUT2D eigenvalue weighted by Crippen LogP contribution is 2.35. The number of esters is 1. The molecule has 0 atom stereocenters. The predicted octanol–water partition coefficient (Wildman–Crippen LogP) is 3.60. The van der Waals surface area contributed by atoms with E-state index >= 15 is 0 Å². The van der Waals surface area contributed by atoms with Gasteiger partial charge in [-0.15, -0.1) is 0 Å². The molecule has 0 amide bonds. The van der Waals surface area contributed by atoms with Gasteiger partial charge in [-0.25, -0.2) is 22.9 Å². The van der Waals surface area contributed by atoms with Gasteiger partial charge in [0.15, 0.2) is 0 Å². The van der Waals surface area contributed by atoms with E-state index in [2.05, 4.69) is 4.98 Å². The Morgan fingerprint density at radius 3 is 2.75 bits per heavy atom. The van der Waals surface area contributed by atoms with E-state index in [4.69, 9.17) is 4.74 Å². The average Bonchev–Trinajstić information content (AvgIpc) is 2.54. The van der Waals surface area contributed by atoms with Gasteiger partial charge in [0, 0.05) is 11.6 Å². The van der Waals surface area contributed by atoms with Crippen LogP contribution in [0.25, 0.3) is 6.08 Å². The minimum Gasteiger partial charge on any atom is -0.463 e. The number of carbonyl (C=O) groups excluding carboxylic acids is 1. The summed E-state index contributed by atoms with van der Waals surface area (Å²) in [6.45, 7) is 1.82. The number of carbonyl (C=O) groups is 1. The second kappa shape index (κ2) is 6.35. The Morgan fingerprint density at radius 1 is 1.25 bits per heavy atom. The van der Waals surface area contributed by atoms with Crippen LogP contribution in [-0.4, -0.2) is 24.1 Å². The zero-order chi connectivity index (χ0) is 17.3. The van der Waals surface area contributed by atoms with Gasteiger partial charge >= 0.3 is 5.97 Å². The summed E-state index contributed by atoms with van der Waals surface area (Å²) in [6.07, 6.45) is 2.46. The molecule has 2 heterocycles. The number of rotatable bonds is 3. The molecule has 0 saturated heterocycles. The van der Waals surface area contributed by atoms with Crippen molar-refractivity contribution in [3.05, 3.63) is 59.1 Å². The molecular weight excluding hydrogens is 321 g/mol. The van der Waals surface area contributed by atoms with Crippen LogP contribution >= 0.6 is 0 Å². The van der Waals surface area contributed by atoms with E-state index in [-0.39, 0.29) is 30.2 Å². The van der Waals surface area contributed by atoms with E-state index in [1.807, 2.05) is 0 Å². The van der Waals surface area contributed by atoms with Gasteiger partial charge in [0.2, 0.25) is 0 Å². The first-order chi connectivity index (χ1) is 11.5. The standard InChI is InChI=1S/C17H13F3N2O2/c1-2-24-17(23)11-5-10-6-13(19)8-21-16(10)22(9-11)15-4-3-12(18)7-14(15)20/h3-8H,2,9H2,1H3. The van der Waals surface area contributed by atoms with E-state index in [1.54, 1.807) is 6.92 Å². The van der Waals surface area contributed by atoms with Gasteiger partial charge in [0.05, 0.1) is 30.6 Å². The molecule has 0 radical (unpaired) electrons. The number of aromatic nitrogens is 1. The Bertz CT molecular complexity index is 837. The van der Waals surface area contributed by atoms with Crippen molar-refractivity contribution in [1.82, 2.24) is 4.98 Å². The minimum atomic E-state index is -0.808. The lowest BCUT2D eigenvalue weighted by atomic mass is 10.0. The molecule has 0 N–H and O–H groups in total. The summed E-state index contributed by atoms with van der Waals surface area (Å²) in [5.41, 5.74) is 0.570. The molecule has 0 spiro atoms. The summed E-state index contributed by atoms with van der Waals surface area (Å²) in [5.74, 6) is -2.43. The van der Waals surface area contributed by atoms with Crippen LogP contribution in [0.3, 0.4) is 0 Å². The van der Waals surface area contributed by atoms with Crippen molar-refractivity contribution in [2.45, 2.75) is 6.92 Å². The largest absolute Gasteiger partial charge is 0.463 e. The minimum absolute atomic E-state index is 0.0208. The Labute approximate surface area is 136 Å². The van der Waals surface area contributed by atoms with E-state index in [0.29, 0.717) is 5.56 Å². The molecule has 0 aliphatic carbocycles. The van der Waals surface area contributed by atoms with Gasteiger partial charge in [0.1, 0.15) is 23.3 Å². The maximum atomic E-state index is 14.2. The molecule has 1 aromatic carbocycles. The molecular formula is C17H13F3N2O2. The molecule has 2 aromatic rings. The molecule has 1 aliphatic rings. The highest BCUT2D eigenvalue weighted by molar-refractivity contribution is 5.98. The Balaban J connectivity index is 2.10. The number of hydrogen-bond acceptors (Lipinski definition) is 4. The Morgan fingerprint density at radius 2 is 2.04 bits per heavy atom. The quantitative estimate of drug-likeness (QED) is 0.805. The molecule has 0 bridgehead atoms. The van der Waals surface area contributed by atoms with Gasteiger partial charge in [-0.05, 0) is 31.2 Å². The normalized spacial score (nSPS) is 13.3. The number of benzene rings is 1. The summed E-state index contributed by atoms with van der Waals surface area (Å²) in [6, 6.07) is 4.27. The number of ether oxygens (including phenoxy) is 1. The first-order valence-electron chi connectivity index (χ1n) is 7.25. The fourth-order valence-electron chi connectivity index (χ4n) is 2.50. The molecule has 1 aromatic heterocycles. The van der Waals surface area contributed by atoms with Crippen molar-refractivity contribution in [2.24, 2.45) is 0 Å². The smallest absolute Gasteiger partial charge is 0.335 e. The maximum absolute atomic E-state index is 14.2. The van der Waals surface area contributed by atoms with Crippen LogP contribution in [0.4, 0.5) is 24.7 Å². The predicted molar refractivity (Wildman–Crippen MR) is 82.2 cm³/mol. The molecule has 4 nitrogen and oxygen atoms in total. The molecule has 124 valence electrons. The first kappa shape index (κ1) is 16.0. The van der Waals surface area contributed by atoms with Gasteiger partial charge in [-0.3, -0.25) is 0 Å². The van der Waals surface area contributed by atoms with Crippen LogP contribution in [0.5, 0.6) is 0 Å². The number of halogens is 3. The molecule has 0 saturated carbocycles. The van der Waals surface area contributed by atoms with Crippen molar-refractivity contribution in [3.63, 3.8) is 0 Å². The van der Waals surface area contributed by atoms with Crippen LogP contribution < -0.4 is 4.90 Å². The summed E-state index contributed by atoms with van der Waals surface area (Å²) in [7, 11) is 0. The van der Waals surface area contributed by atoms with E-state index in [0.717, 1.165) is 18.3 Å². The fraction of sp³-hybridized carbons (Fsp3) is 0.176. The van der Waals surface area contributed by atoms with Crippen molar-refractivity contribution < 1.29 is 22.7 Å². The fourth-order valence-corrected chi connectivity index (χ4v) is 2.50. The van der Waals surface area contributed by atoms with E-state index < -0.39 is 23.4 Å². The lowest BCUT2D eigenvalue weighted by Crippen LogP contribution is -2.29. The Hall–Kier alpha value is -2.83. The van der Waals surface area contributed by atoms with Crippen molar-refractivity contribution in [1.29, 1.82) is 0 Å². The van der Waals surface area contributed by atoms with E-state index in [9.17, 15) is 18.0 Å². The van der Waals surface area contributed by atoms with Gasteiger partial charge < -0.3 is 9.64 Å². The molecule has 0 fully saturated rings. The van der Waals surface area contributed by atoms with Gasteiger partial charge in [-0.2, -0.15) is 0 Å². The second-order valence-corrected chi connectivity index (χ2v) is 5.14. The third kappa shape index (κ3) is 2.97. The van der Waals surface area contributed by atoms with Crippen molar-refractivity contribution >= 4 is 23.6 Å². The summed E-state index contributed by atoms with van der Waals surface area (Å²) in [5, 5.41) is 0. The highest BCUT2D eigenvalue weighted by atomic mass is 19.1. The number of hydrogen-bond donors (Lipinski definition) is 0. The number of nitrogens with zero attached hydrogens (tertiary/aromatic N) is 2. The summed E-state index contributed by atoms with van der Waals surface area (Å²) < 4.78 is 45.8. The average molecular weight is 334 g/mol. The zero-order valence-electron chi connectivity index (χ0n) is 12.7. The van der Waals surface area contributed by atoms with Crippen molar-refractivity contribution in [3.8, 4) is 0 Å². The number of fused-ring (bicyclic) bond motifs is 1. The summed E-state index contributed by atoms with van der Waals surface area (Å²) in [4.78, 5) is 17.4. The van der Waals surface area contributed by atoms with Crippen LogP contribution in [0.2, 0.25) is 0 Å². The first-order valence-corrected chi connectivity index (χ1v) is 7.25. The molecule has 3 rings (SSSR count). The van der Waals surface area contributed by atoms with Crippen LogP contribution in [0.1, 0.15) is 12.5 Å². The lowest BCUT2D eigenvalue weighted by Gasteiger charge is -2.29. The van der Waals surface area contributed by atoms with Crippen LogP contribution in [0.15, 0.2) is 36.0 Å². The topological polar surface area (TPSA) is 42.4 Å².